The molecule has 1 fully saturated rings. The number of nitrogens with two attached hydrogens (primary N) is 1. The van der Waals surface area contributed by atoms with Crippen molar-refractivity contribution < 1.29 is 0 Å². The van der Waals surface area contributed by atoms with E-state index in [0.717, 1.165) is 12.1 Å². The van der Waals surface area contributed by atoms with Crippen LogP contribution in [0.1, 0.15) is 44.7 Å². The number of nitrogens with zero attached hydrogens (tertiary/aromatic N) is 3. The summed E-state index contributed by atoms with van der Waals surface area (Å²) in [7, 11) is 1.90. The van der Waals surface area contributed by atoms with E-state index in [-0.39, 0.29) is 0 Å². The van der Waals surface area contributed by atoms with E-state index < -0.39 is 0 Å². The van der Waals surface area contributed by atoms with Crippen molar-refractivity contribution in [1.82, 2.24) is 20.4 Å². The molecule has 0 bridgehead atoms. The Morgan fingerprint density at radius 1 is 1.53 bits per heavy atom. The third kappa shape index (κ3) is 2.50. The number of hydrogen-bond acceptors (Lipinski definition) is 4. The van der Waals surface area contributed by atoms with Gasteiger partial charge in [-0.3, -0.25) is 16.0 Å². The second-order valence-corrected chi connectivity index (χ2v) is 5.23. The molecule has 1 atom stereocenters. The first-order chi connectivity index (χ1) is 8.20. The molecule has 1 unspecified atom stereocenters. The molecule has 1 saturated carbocycles. The Bertz CT molecular complexity index is 354. The molecule has 0 aliphatic heterocycles. The summed E-state index contributed by atoms with van der Waals surface area (Å²) in [6, 6.07) is 0.312. The molecule has 1 aromatic heterocycles. The minimum absolute atomic E-state index is 0.312. The topological polar surface area (TPSA) is 68.8 Å². The lowest BCUT2D eigenvalue weighted by Crippen LogP contribution is -2.48. The number of nitrogens with one attached hydrogen (secondary N) is 1. The summed E-state index contributed by atoms with van der Waals surface area (Å²) in [6.07, 6.45) is 9.24. The van der Waals surface area contributed by atoms with Gasteiger partial charge in [0.2, 0.25) is 0 Å². The van der Waals surface area contributed by atoms with Crippen molar-refractivity contribution in [3.8, 4) is 0 Å². The van der Waals surface area contributed by atoms with Crippen LogP contribution < -0.4 is 11.3 Å². The van der Waals surface area contributed by atoms with Crippen LogP contribution in [-0.4, -0.2) is 21.0 Å². The summed E-state index contributed by atoms with van der Waals surface area (Å²) < 4.78 is 1.75. The largest absolute Gasteiger partial charge is 0.271 e. The highest BCUT2D eigenvalue weighted by molar-refractivity contribution is 5.02. The molecule has 96 valence electrons. The first-order valence-electron chi connectivity index (χ1n) is 6.51. The number of aromatic nitrogens is 3. The Kier molecular flexibility index (Phi) is 3.79. The Morgan fingerprint density at radius 3 is 2.71 bits per heavy atom. The average Bonchev–Trinajstić information content (AvgIpc) is 2.95. The van der Waals surface area contributed by atoms with Crippen LogP contribution in [0.4, 0.5) is 0 Å². The second-order valence-electron chi connectivity index (χ2n) is 5.23. The fourth-order valence-corrected chi connectivity index (χ4v) is 3.18. The third-order valence-electron chi connectivity index (χ3n) is 4.31. The molecule has 0 spiro atoms. The van der Waals surface area contributed by atoms with E-state index in [1.54, 1.807) is 4.68 Å². The molecule has 5 nitrogen and oxygen atoms in total. The summed E-state index contributed by atoms with van der Waals surface area (Å²) in [5.41, 5.74) is 4.39. The lowest BCUT2D eigenvalue weighted by Gasteiger charge is -2.36. The fraction of sp³-hybridized carbons (Fsp3) is 0.833. The molecule has 2 rings (SSSR count). The van der Waals surface area contributed by atoms with Gasteiger partial charge in [-0.2, -0.15) is 0 Å². The van der Waals surface area contributed by atoms with Crippen LogP contribution in [0.25, 0.3) is 0 Å². The van der Waals surface area contributed by atoms with Crippen LogP contribution in [0.3, 0.4) is 0 Å². The van der Waals surface area contributed by atoms with Crippen molar-refractivity contribution in [3.63, 3.8) is 0 Å². The van der Waals surface area contributed by atoms with Gasteiger partial charge in [0.05, 0.1) is 5.69 Å². The van der Waals surface area contributed by atoms with Crippen LogP contribution in [0.5, 0.6) is 0 Å². The van der Waals surface area contributed by atoms with E-state index in [1.165, 1.54) is 32.1 Å². The van der Waals surface area contributed by atoms with Crippen molar-refractivity contribution in [3.05, 3.63) is 11.9 Å². The lowest BCUT2D eigenvalue weighted by molar-refractivity contribution is 0.184. The average molecular weight is 237 g/mol. The van der Waals surface area contributed by atoms with Gasteiger partial charge in [-0.15, -0.1) is 5.10 Å². The predicted molar refractivity (Wildman–Crippen MR) is 67.0 cm³/mol. The van der Waals surface area contributed by atoms with E-state index >= 15 is 0 Å². The monoisotopic (exact) mass is 237 g/mol. The van der Waals surface area contributed by atoms with Crippen molar-refractivity contribution in [1.29, 1.82) is 0 Å². The maximum absolute atomic E-state index is 5.76. The van der Waals surface area contributed by atoms with Gasteiger partial charge in [-0.1, -0.05) is 25.0 Å². The highest BCUT2D eigenvalue weighted by atomic mass is 15.4. The molecule has 17 heavy (non-hydrogen) atoms. The molecule has 1 aliphatic rings. The third-order valence-corrected chi connectivity index (χ3v) is 4.31. The van der Waals surface area contributed by atoms with Crippen LogP contribution in [0.15, 0.2) is 6.20 Å². The summed E-state index contributed by atoms with van der Waals surface area (Å²) in [4.78, 5) is 0. The Labute approximate surface area is 103 Å². The minimum Gasteiger partial charge on any atom is -0.271 e. The lowest BCUT2D eigenvalue weighted by atomic mass is 9.75. The molecule has 1 aromatic rings. The number of rotatable bonds is 5. The zero-order valence-corrected chi connectivity index (χ0v) is 10.8. The molecular weight excluding hydrogens is 214 g/mol. The normalized spacial score (nSPS) is 20.6. The van der Waals surface area contributed by atoms with Gasteiger partial charge in [0, 0.05) is 25.7 Å². The number of hydrazine groups is 1. The van der Waals surface area contributed by atoms with Crippen molar-refractivity contribution in [2.24, 2.45) is 18.3 Å². The van der Waals surface area contributed by atoms with Gasteiger partial charge < -0.3 is 0 Å². The quantitative estimate of drug-likeness (QED) is 0.595. The van der Waals surface area contributed by atoms with Gasteiger partial charge >= 0.3 is 0 Å². The Morgan fingerprint density at radius 2 is 2.24 bits per heavy atom. The van der Waals surface area contributed by atoms with Crippen molar-refractivity contribution in [2.75, 3.05) is 0 Å². The molecule has 0 amide bonds. The highest BCUT2D eigenvalue weighted by Gasteiger charge is 2.39. The smallest absolute Gasteiger partial charge is 0.0843 e. The van der Waals surface area contributed by atoms with E-state index in [9.17, 15) is 0 Å². The van der Waals surface area contributed by atoms with Crippen molar-refractivity contribution >= 4 is 0 Å². The van der Waals surface area contributed by atoms with Crippen LogP contribution in [0.2, 0.25) is 0 Å². The molecule has 0 saturated heterocycles. The van der Waals surface area contributed by atoms with E-state index in [1.807, 2.05) is 13.2 Å². The number of hydrogen-bond donors (Lipinski definition) is 2. The van der Waals surface area contributed by atoms with Crippen LogP contribution in [-0.2, 0) is 13.5 Å². The highest BCUT2D eigenvalue weighted by Crippen LogP contribution is 2.44. The van der Waals surface area contributed by atoms with Crippen molar-refractivity contribution in [2.45, 2.75) is 51.5 Å². The molecule has 1 heterocycles. The first kappa shape index (κ1) is 12.5. The van der Waals surface area contributed by atoms with E-state index in [4.69, 9.17) is 5.84 Å². The minimum atomic E-state index is 0.312. The van der Waals surface area contributed by atoms with E-state index in [0.29, 0.717) is 11.5 Å². The Hall–Kier alpha value is -0.940. The van der Waals surface area contributed by atoms with Gasteiger partial charge in [0.1, 0.15) is 0 Å². The summed E-state index contributed by atoms with van der Waals surface area (Å²) in [6.45, 7) is 2.27. The maximum atomic E-state index is 5.76. The van der Waals surface area contributed by atoms with E-state index in [2.05, 4.69) is 22.7 Å². The standard InChI is InChI=1S/C12H23N5/c1-3-12(6-4-5-7-12)11(14-13)8-10-9-17(2)16-15-10/h9,11,14H,3-8,13H2,1-2H3. The first-order valence-corrected chi connectivity index (χ1v) is 6.51. The van der Waals surface area contributed by atoms with Gasteiger partial charge in [0.15, 0.2) is 0 Å². The fourth-order valence-electron chi connectivity index (χ4n) is 3.18. The van der Waals surface area contributed by atoms with Gasteiger partial charge in [-0.25, -0.2) is 0 Å². The Balaban J connectivity index is 2.10. The SMILES string of the molecule is CCC1(C(Cc2cn(C)nn2)NN)CCCC1. The molecular formula is C12H23N5. The summed E-state index contributed by atoms with van der Waals surface area (Å²) in [5, 5.41) is 8.13. The molecule has 5 heteroatoms. The zero-order chi connectivity index (χ0) is 12.3. The number of aryl methyl sites for hydroxylation is 1. The van der Waals surface area contributed by atoms with Gasteiger partial charge in [0.25, 0.3) is 0 Å². The van der Waals surface area contributed by atoms with Gasteiger partial charge in [-0.05, 0) is 24.7 Å². The van der Waals surface area contributed by atoms with Crippen LogP contribution in [0, 0.1) is 5.41 Å². The molecule has 1 aliphatic carbocycles. The maximum Gasteiger partial charge on any atom is 0.0843 e. The summed E-state index contributed by atoms with van der Waals surface area (Å²) >= 11 is 0. The molecule has 3 N–H and O–H groups in total. The molecule has 0 radical (unpaired) electrons. The molecule has 0 aromatic carbocycles. The predicted octanol–water partition coefficient (Wildman–Crippen LogP) is 1.16. The van der Waals surface area contributed by atoms with Crippen LogP contribution >= 0.6 is 0 Å². The summed E-state index contributed by atoms with van der Waals surface area (Å²) in [5.74, 6) is 5.76. The zero-order valence-electron chi connectivity index (χ0n) is 10.8. The second kappa shape index (κ2) is 5.14.